The molecule has 0 aliphatic rings. The van der Waals surface area contributed by atoms with E-state index in [4.69, 9.17) is 4.98 Å². The average molecular weight is 859 g/mol. The fraction of sp³-hybridized carbons (Fsp3) is 0.0435. The molecule has 0 saturated carbocycles. The van der Waals surface area contributed by atoms with Crippen LogP contribution in [-0.2, 0) is 33.9 Å². The molecule has 4 heterocycles. The van der Waals surface area contributed by atoms with Crippen LogP contribution in [0.2, 0.25) is 0 Å². The zero-order chi connectivity index (χ0) is 35.0. The number of hydrogen-bond acceptors (Lipinski definition) is 2. The minimum atomic E-state index is 0. The third kappa shape index (κ3) is 6.31. The molecule has 0 amide bonds. The van der Waals surface area contributed by atoms with Gasteiger partial charge in [-0.3, -0.25) is 9.97 Å². The van der Waals surface area contributed by atoms with Crippen LogP contribution in [0.4, 0.5) is 0 Å². The summed E-state index contributed by atoms with van der Waals surface area (Å²) < 4.78 is 8.11. The van der Waals surface area contributed by atoms with Gasteiger partial charge >= 0.3 is 19.8 Å². The van der Waals surface area contributed by atoms with Gasteiger partial charge in [-0.25, -0.2) is 0 Å². The third-order valence-corrected chi connectivity index (χ3v) is 9.34. The molecule has 252 valence electrons. The van der Waals surface area contributed by atoms with E-state index < -0.39 is 0 Å². The number of imidazole rings is 2. The molecule has 10 rings (SSSR count). The number of nitrogens with zero attached hydrogens (tertiary/aromatic N) is 6. The van der Waals surface area contributed by atoms with E-state index >= 15 is 0 Å². The summed E-state index contributed by atoms with van der Waals surface area (Å²) in [7, 11) is 4.02. The first kappa shape index (κ1) is 33.8. The molecule has 0 N–H and O–H groups in total. The topological polar surface area (TPSA) is 43.4 Å². The van der Waals surface area contributed by atoms with Crippen LogP contribution in [0.25, 0.3) is 77.6 Å². The number of fused-ring (bicyclic) bond motifs is 4. The van der Waals surface area contributed by atoms with Crippen molar-refractivity contribution in [1.29, 1.82) is 0 Å². The predicted octanol–water partition coefficient (Wildman–Crippen LogP) is 8.54. The number of pyridine rings is 2. The number of aryl methyl sites for hydroxylation is 2. The van der Waals surface area contributed by atoms with Crippen LogP contribution >= 0.6 is 0 Å². The van der Waals surface area contributed by atoms with Gasteiger partial charge in [0, 0.05) is 17.0 Å². The third-order valence-electron chi connectivity index (χ3n) is 9.34. The molecule has 0 spiro atoms. The second-order valence-electron chi connectivity index (χ2n) is 12.6. The Balaban J connectivity index is 0.000000148. The van der Waals surface area contributed by atoms with Crippen LogP contribution in [0.3, 0.4) is 0 Å². The van der Waals surface area contributed by atoms with Crippen molar-refractivity contribution >= 4 is 43.6 Å². The molecule has 4 aromatic heterocycles. The maximum atomic E-state index is 5.00. The van der Waals surface area contributed by atoms with E-state index in [9.17, 15) is 0 Å². The fourth-order valence-electron chi connectivity index (χ4n) is 6.84. The molecule has 10 aromatic rings. The Morgan fingerprint density at radius 3 is 1.75 bits per heavy atom. The van der Waals surface area contributed by atoms with Crippen molar-refractivity contribution in [2.75, 3.05) is 0 Å². The summed E-state index contributed by atoms with van der Waals surface area (Å²) in [6.07, 6.45) is 8.59. The Labute approximate surface area is 320 Å². The maximum absolute atomic E-state index is 5.00. The normalized spacial score (nSPS) is 11.1. The minimum absolute atomic E-state index is 0. The molecule has 7 heteroatoms. The van der Waals surface area contributed by atoms with E-state index in [0.29, 0.717) is 0 Å². The summed E-state index contributed by atoms with van der Waals surface area (Å²) in [5, 5.41) is 4.54. The van der Waals surface area contributed by atoms with Gasteiger partial charge in [0.05, 0.1) is 47.6 Å². The molecular weight excluding hydrogens is 827 g/mol. The van der Waals surface area contributed by atoms with Crippen LogP contribution in [-0.4, -0.2) is 19.1 Å². The summed E-state index contributed by atoms with van der Waals surface area (Å²) in [4.78, 5) is 9.69. The zero-order valence-electron chi connectivity index (χ0n) is 29.0. The van der Waals surface area contributed by atoms with Crippen molar-refractivity contribution in [3.05, 3.63) is 183 Å². The van der Waals surface area contributed by atoms with Crippen LogP contribution < -0.4 is 9.13 Å². The molecule has 0 radical (unpaired) electrons. The molecule has 0 saturated heterocycles. The first-order valence-corrected chi connectivity index (χ1v) is 17.1. The van der Waals surface area contributed by atoms with Gasteiger partial charge in [-0.05, 0) is 22.5 Å². The van der Waals surface area contributed by atoms with E-state index in [1.165, 1.54) is 5.39 Å². The molecule has 0 unspecified atom stereocenters. The number of para-hydroxylation sites is 4. The number of aromatic nitrogens is 6. The molecule has 0 bridgehead atoms. The molecule has 6 aromatic carbocycles. The first-order chi connectivity index (χ1) is 25.6. The summed E-state index contributed by atoms with van der Waals surface area (Å²) in [6.45, 7) is 0. The number of hydrogen-bond donors (Lipinski definition) is 0. The quantitative estimate of drug-likeness (QED) is 0.132. The Morgan fingerprint density at radius 1 is 0.547 bits per heavy atom. The van der Waals surface area contributed by atoms with E-state index in [-0.39, 0.29) is 19.8 Å². The van der Waals surface area contributed by atoms with Crippen molar-refractivity contribution < 1.29 is 28.9 Å². The SMILES string of the molecule is C[n+]1[c-]n(-c2[c-]c(-n3[c-][n+](C)c4ccccc43)ccc2)c2ccccc21.[Os+4].[c-]1ccccc1-c1cc2ccccc2c(-c2nccc3ccccc23)n1. The van der Waals surface area contributed by atoms with Gasteiger partial charge in [-0.2, -0.15) is 24.3 Å². The molecule has 6 nitrogen and oxygen atoms in total. The fourth-order valence-corrected chi connectivity index (χ4v) is 6.84. The summed E-state index contributed by atoms with van der Waals surface area (Å²) in [5.74, 6) is 0. The Kier molecular flexibility index (Phi) is 9.18. The van der Waals surface area contributed by atoms with Gasteiger partial charge in [0.15, 0.2) is 0 Å². The smallest absolute Gasteiger partial charge is 0.342 e. The standard InChI is InChI=1S/C24H15N2.C22H17N4.Os/c1-2-9-18(10-3-1)22-16-19-11-5-7-13-21(19)24(26-22)23-20-12-6-4-8-17(20)14-15-25-23;1-23-15-25(21-12-5-3-10-19(21)23)17-8-7-9-18(14-17)26-16-24(2)20-11-4-6-13-22(20)26;/h1-9,11-16H;3-13H,1-2H3;/q2*-1;+4. The largest absolute Gasteiger partial charge is 4.00 e. The second kappa shape index (κ2) is 14.4. The summed E-state index contributed by atoms with van der Waals surface area (Å²) >= 11 is 0. The Hall–Kier alpha value is -6.28. The van der Waals surface area contributed by atoms with Gasteiger partial charge in [0.2, 0.25) is 12.7 Å². The van der Waals surface area contributed by atoms with Crippen LogP contribution in [0, 0.1) is 24.8 Å². The van der Waals surface area contributed by atoms with Crippen molar-refractivity contribution in [1.82, 2.24) is 19.1 Å². The van der Waals surface area contributed by atoms with E-state index in [0.717, 1.165) is 72.2 Å². The molecule has 0 atom stereocenters. The zero-order valence-corrected chi connectivity index (χ0v) is 31.6. The second-order valence-corrected chi connectivity index (χ2v) is 12.6. The Bertz CT molecular complexity index is 2790. The Morgan fingerprint density at radius 2 is 1.11 bits per heavy atom. The van der Waals surface area contributed by atoms with Crippen molar-refractivity contribution in [2.45, 2.75) is 0 Å². The van der Waals surface area contributed by atoms with Crippen LogP contribution in [0.15, 0.2) is 158 Å². The number of benzene rings is 6. The van der Waals surface area contributed by atoms with E-state index in [2.05, 4.69) is 103 Å². The van der Waals surface area contributed by atoms with Crippen LogP contribution in [0.5, 0.6) is 0 Å². The van der Waals surface area contributed by atoms with Gasteiger partial charge in [0.25, 0.3) is 0 Å². The molecular formula is C46H32N6Os+2. The van der Waals surface area contributed by atoms with Crippen molar-refractivity contribution in [3.63, 3.8) is 0 Å². The van der Waals surface area contributed by atoms with Crippen molar-refractivity contribution in [2.24, 2.45) is 14.1 Å². The minimum Gasteiger partial charge on any atom is -0.342 e. The summed E-state index contributed by atoms with van der Waals surface area (Å²) in [5.41, 5.74) is 10.1. The van der Waals surface area contributed by atoms with E-state index in [1.54, 1.807) is 0 Å². The predicted molar refractivity (Wildman–Crippen MR) is 206 cm³/mol. The van der Waals surface area contributed by atoms with E-state index in [1.807, 2.05) is 117 Å². The maximum Gasteiger partial charge on any atom is 4.00 e. The molecule has 53 heavy (non-hydrogen) atoms. The molecule has 0 aliphatic carbocycles. The molecule has 0 fully saturated rings. The first-order valence-electron chi connectivity index (χ1n) is 17.1. The average Bonchev–Trinajstić information content (AvgIpc) is 3.74. The molecule has 0 aliphatic heterocycles. The summed E-state index contributed by atoms with van der Waals surface area (Å²) in [6, 6.07) is 58.3. The van der Waals surface area contributed by atoms with Gasteiger partial charge in [0.1, 0.15) is 0 Å². The monoisotopic (exact) mass is 860 g/mol. The van der Waals surface area contributed by atoms with Crippen molar-refractivity contribution in [3.8, 4) is 34.0 Å². The van der Waals surface area contributed by atoms with Gasteiger partial charge in [-0.15, -0.1) is 35.9 Å². The van der Waals surface area contributed by atoms with Gasteiger partial charge < -0.3 is 18.3 Å². The van der Waals surface area contributed by atoms with Crippen LogP contribution in [0.1, 0.15) is 0 Å². The van der Waals surface area contributed by atoms with Gasteiger partial charge in [-0.1, -0.05) is 115 Å². The number of rotatable bonds is 4.